The van der Waals surface area contributed by atoms with Crippen LogP contribution in [0.25, 0.3) is 0 Å². The van der Waals surface area contributed by atoms with Crippen LogP contribution >= 0.6 is 0 Å². The van der Waals surface area contributed by atoms with Gasteiger partial charge in [-0.25, -0.2) is 9.97 Å². The zero-order valence-corrected chi connectivity index (χ0v) is 9.78. The van der Waals surface area contributed by atoms with Crippen molar-refractivity contribution in [2.24, 2.45) is 5.92 Å². The molecule has 0 radical (unpaired) electrons. The van der Waals surface area contributed by atoms with Gasteiger partial charge < -0.3 is 5.73 Å². The monoisotopic (exact) mass is 206 g/mol. The summed E-state index contributed by atoms with van der Waals surface area (Å²) in [5.41, 5.74) is 8.16. The average Bonchev–Trinajstić information content (AvgIpc) is 2.41. The molecule has 1 aromatic heterocycles. The summed E-state index contributed by atoms with van der Waals surface area (Å²) < 4.78 is 0. The first-order valence-electron chi connectivity index (χ1n) is 5.34. The molecule has 1 aromatic rings. The standard InChI is InChI=1S/C11H18N4/c1-6(2)10-9-8(5-15(10)4)11(12)14-7(3)13-9/h6,10H,5H2,1-4H3,(H2,12,13,14). The van der Waals surface area contributed by atoms with Crippen molar-refractivity contribution in [1.82, 2.24) is 14.9 Å². The van der Waals surface area contributed by atoms with Gasteiger partial charge in [-0.1, -0.05) is 13.8 Å². The molecule has 0 fully saturated rings. The van der Waals surface area contributed by atoms with E-state index in [2.05, 4.69) is 35.8 Å². The van der Waals surface area contributed by atoms with E-state index in [4.69, 9.17) is 5.73 Å². The van der Waals surface area contributed by atoms with E-state index in [1.807, 2.05) is 6.92 Å². The van der Waals surface area contributed by atoms with E-state index in [0.29, 0.717) is 17.8 Å². The second kappa shape index (κ2) is 3.45. The van der Waals surface area contributed by atoms with E-state index in [9.17, 15) is 0 Å². The third-order valence-corrected chi connectivity index (χ3v) is 2.98. The minimum Gasteiger partial charge on any atom is -0.383 e. The van der Waals surface area contributed by atoms with Crippen LogP contribution in [0.4, 0.5) is 5.82 Å². The molecule has 0 saturated carbocycles. The molecular formula is C11H18N4. The first kappa shape index (κ1) is 10.4. The predicted molar refractivity (Wildman–Crippen MR) is 60.2 cm³/mol. The first-order valence-corrected chi connectivity index (χ1v) is 5.34. The molecule has 0 saturated heterocycles. The molecule has 2 heterocycles. The second-order valence-electron chi connectivity index (χ2n) is 4.62. The molecule has 0 spiro atoms. The van der Waals surface area contributed by atoms with Crippen molar-refractivity contribution in [3.8, 4) is 0 Å². The average molecular weight is 206 g/mol. The van der Waals surface area contributed by atoms with Gasteiger partial charge in [-0.2, -0.15) is 0 Å². The Balaban J connectivity index is 2.53. The zero-order valence-electron chi connectivity index (χ0n) is 9.78. The van der Waals surface area contributed by atoms with Gasteiger partial charge in [-0.3, -0.25) is 4.90 Å². The highest BCUT2D eigenvalue weighted by molar-refractivity contribution is 5.45. The zero-order chi connectivity index (χ0) is 11.2. The Morgan fingerprint density at radius 3 is 2.67 bits per heavy atom. The molecule has 1 aliphatic heterocycles. The summed E-state index contributed by atoms with van der Waals surface area (Å²) in [6, 6.07) is 0.379. The van der Waals surface area contributed by atoms with Crippen LogP contribution in [-0.2, 0) is 6.54 Å². The van der Waals surface area contributed by atoms with Crippen LogP contribution in [0.3, 0.4) is 0 Å². The number of hydrogen-bond acceptors (Lipinski definition) is 4. The van der Waals surface area contributed by atoms with Crippen molar-refractivity contribution >= 4 is 5.82 Å². The second-order valence-corrected chi connectivity index (χ2v) is 4.62. The highest BCUT2D eigenvalue weighted by atomic mass is 15.2. The fraction of sp³-hybridized carbons (Fsp3) is 0.636. The Bertz CT molecular complexity index is 386. The summed E-state index contributed by atoms with van der Waals surface area (Å²) in [5, 5.41) is 0. The highest BCUT2D eigenvalue weighted by Crippen LogP contribution is 2.37. The lowest BCUT2D eigenvalue weighted by Crippen LogP contribution is -2.21. The number of anilines is 1. The summed E-state index contributed by atoms with van der Waals surface area (Å²) in [4.78, 5) is 11.0. The summed E-state index contributed by atoms with van der Waals surface area (Å²) in [6.07, 6.45) is 0. The number of nitrogens with two attached hydrogens (primary N) is 1. The van der Waals surface area contributed by atoms with E-state index >= 15 is 0 Å². The predicted octanol–water partition coefficient (Wildman–Crippen LogP) is 1.51. The molecule has 82 valence electrons. The van der Waals surface area contributed by atoms with Gasteiger partial charge in [0.2, 0.25) is 0 Å². The summed E-state index contributed by atoms with van der Waals surface area (Å²) >= 11 is 0. The van der Waals surface area contributed by atoms with Gasteiger partial charge in [0.25, 0.3) is 0 Å². The third kappa shape index (κ3) is 1.59. The molecule has 4 heteroatoms. The maximum Gasteiger partial charge on any atom is 0.131 e. The quantitative estimate of drug-likeness (QED) is 0.756. The van der Waals surface area contributed by atoms with Crippen molar-refractivity contribution < 1.29 is 0 Å². The van der Waals surface area contributed by atoms with Gasteiger partial charge >= 0.3 is 0 Å². The maximum atomic E-state index is 5.92. The summed E-state index contributed by atoms with van der Waals surface area (Å²) in [6.45, 7) is 7.18. The highest BCUT2D eigenvalue weighted by Gasteiger charge is 2.33. The number of rotatable bonds is 1. The van der Waals surface area contributed by atoms with Crippen LogP contribution < -0.4 is 5.73 Å². The lowest BCUT2D eigenvalue weighted by Gasteiger charge is -2.23. The normalized spacial score (nSPS) is 21.0. The molecule has 2 N–H and O–H groups in total. The summed E-state index contributed by atoms with van der Waals surface area (Å²) in [5.74, 6) is 1.96. The molecule has 0 amide bonds. The number of nitrogens with zero attached hydrogens (tertiary/aromatic N) is 3. The van der Waals surface area contributed by atoms with Crippen LogP contribution in [-0.4, -0.2) is 21.9 Å². The molecule has 0 aromatic carbocycles. The van der Waals surface area contributed by atoms with E-state index in [-0.39, 0.29) is 0 Å². The lowest BCUT2D eigenvalue weighted by molar-refractivity contribution is 0.211. The van der Waals surface area contributed by atoms with E-state index < -0.39 is 0 Å². The third-order valence-electron chi connectivity index (χ3n) is 2.98. The van der Waals surface area contributed by atoms with E-state index in [1.165, 1.54) is 0 Å². The molecule has 1 unspecified atom stereocenters. The Hall–Kier alpha value is -1.16. The molecule has 15 heavy (non-hydrogen) atoms. The topological polar surface area (TPSA) is 55.0 Å². The molecular weight excluding hydrogens is 188 g/mol. The lowest BCUT2D eigenvalue weighted by atomic mass is 10.0. The SMILES string of the molecule is Cc1nc(N)c2c(n1)C(C(C)C)N(C)C2. The van der Waals surface area contributed by atoms with Crippen LogP contribution in [0.1, 0.15) is 37.0 Å². The maximum absolute atomic E-state index is 5.92. The van der Waals surface area contributed by atoms with Crippen molar-refractivity contribution in [2.45, 2.75) is 33.4 Å². The Morgan fingerprint density at radius 2 is 2.07 bits per heavy atom. The number of aryl methyl sites for hydroxylation is 1. The van der Waals surface area contributed by atoms with Gasteiger partial charge in [0.1, 0.15) is 11.6 Å². The number of aromatic nitrogens is 2. The van der Waals surface area contributed by atoms with Crippen molar-refractivity contribution in [2.75, 3.05) is 12.8 Å². The van der Waals surface area contributed by atoms with Crippen LogP contribution in [0.2, 0.25) is 0 Å². The minimum atomic E-state index is 0.379. The Kier molecular flexibility index (Phi) is 2.38. The largest absolute Gasteiger partial charge is 0.383 e. The van der Waals surface area contributed by atoms with Gasteiger partial charge in [0.15, 0.2) is 0 Å². The first-order chi connectivity index (χ1) is 7.00. The van der Waals surface area contributed by atoms with Gasteiger partial charge in [-0.05, 0) is 19.9 Å². The fourth-order valence-corrected chi connectivity index (χ4v) is 2.43. The van der Waals surface area contributed by atoms with Gasteiger partial charge in [0.05, 0.1) is 11.7 Å². The Labute approximate surface area is 90.5 Å². The van der Waals surface area contributed by atoms with Crippen molar-refractivity contribution in [3.05, 3.63) is 17.1 Å². The van der Waals surface area contributed by atoms with E-state index in [1.54, 1.807) is 0 Å². The van der Waals surface area contributed by atoms with Crippen LogP contribution in [0.15, 0.2) is 0 Å². The minimum absolute atomic E-state index is 0.379. The van der Waals surface area contributed by atoms with Crippen molar-refractivity contribution in [3.63, 3.8) is 0 Å². The van der Waals surface area contributed by atoms with Crippen LogP contribution in [0, 0.1) is 12.8 Å². The summed E-state index contributed by atoms with van der Waals surface area (Å²) in [7, 11) is 2.11. The van der Waals surface area contributed by atoms with E-state index in [0.717, 1.165) is 23.6 Å². The van der Waals surface area contributed by atoms with Gasteiger partial charge in [0, 0.05) is 12.1 Å². The molecule has 0 bridgehead atoms. The molecule has 0 aliphatic carbocycles. The number of nitrogen functional groups attached to an aromatic ring is 1. The molecule has 4 nitrogen and oxygen atoms in total. The fourth-order valence-electron chi connectivity index (χ4n) is 2.43. The number of fused-ring (bicyclic) bond motifs is 1. The molecule has 1 atom stereocenters. The molecule has 2 rings (SSSR count). The van der Waals surface area contributed by atoms with Crippen LogP contribution in [0.5, 0.6) is 0 Å². The molecule has 1 aliphatic rings. The number of hydrogen-bond donors (Lipinski definition) is 1. The Morgan fingerprint density at radius 1 is 1.40 bits per heavy atom. The van der Waals surface area contributed by atoms with Crippen molar-refractivity contribution in [1.29, 1.82) is 0 Å². The smallest absolute Gasteiger partial charge is 0.131 e. The van der Waals surface area contributed by atoms with Gasteiger partial charge in [-0.15, -0.1) is 0 Å².